The SMILES string of the molecule is Cc1occc1C(=O)N(C)CCC(N)C(C)C. The number of rotatable bonds is 5. The quantitative estimate of drug-likeness (QED) is 0.854. The van der Waals surface area contributed by atoms with Crippen LogP contribution in [0.2, 0.25) is 0 Å². The Morgan fingerprint density at radius 3 is 2.65 bits per heavy atom. The number of furan rings is 1. The maximum absolute atomic E-state index is 12.0. The lowest BCUT2D eigenvalue weighted by atomic mass is 10.0. The van der Waals surface area contributed by atoms with Gasteiger partial charge in [-0.25, -0.2) is 0 Å². The Morgan fingerprint density at radius 2 is 2.18 bits per heavy atom. The normalized spacial score (nSPS) is 12.8. The minimum Gasteiger partial charge on any atom is -0.469 e. The van der Waals surface area contributed by atoms with Gasteiger partial charge in [-0.1, -0.05) is 13.8 Å². The Labute approximate surface area is 103 Å². The van der Waals surface area contributed by atoms with E-state index in [9.17, 15) is 4.79 Å². The van der Waals surface area contributed by atoms with Crippen molar-refractivity contribution in [3.63, 3.8) is 0 Å². The Hall–Kier alpha value is -1.29. The van der Waals surface area contributed by atoms with Crippen LogP contribution in [0.1, 0.15) is 36.4 Å². The van der Waals surface area contributed by atoms with Gasteiger partial charge in [0.05, 0.1) is 11.8 Å². The van der Waals surface area contributed by atoms with E-state index in [2.05, 4.69) is 13.8 Å². The van der Waals surface area contributed by atoms with E-state index in [1.54, 1.807) is 24.9 Å². The minimum absolute atomic E-state index is 0.00722. The number of carbonyl (C=O) groups is 1. The Kier molecular flexibility index (Phi) is 4.75. The van der Waals surface area contributed by atoms with Gasteiger partial charge < -0.3 is 15.1 Å². The molecule has 1 rings (SSSR count). The lowest BCUT2D eigenvalue weighted by Crippen LogP contribution is -2.34. The Bertz CT molecular complexity index is 371. The van der Waals surface area contributed by atoms with Gasteiger partial charge in [-0.2, -0.15) is 0 Å². The standard InChI is InChI=1S/C13H22N2O2/c1-9(2)12(14)5-7-15(4)13(16)11-6-8-17-10(11)3/h6,8-9,12H,5,7,14H2,1-4H3. The van der Waals surface area contributed by atoms with Crippen LogP contribution >= 0.6 is 0 Å². The summed E-state index contributed by atoms with van der Waals surface area (Å²) in [5.74, 6) is 1.09. The summed E-state index contributed by atoms with van der Waals surface area (Å²) in [6.45, 7) is 6.64. The van der Waals surface area contributed by atoms with Gasteiger partial charge in [-0.05, 0) is 25.3 Å². The van der Waals surface area contributed by atoms with Crippen molar-refractivity contribution in [2.24, 2.45) is 11.7 Å². The van der Waals surface area contributed by atoms with Crippen LogP contribution in [0.25, 0.3) is 0 Å². The molecule has 0 bridgehead atoms. The van der Waals surface area contributed by atoms with Crippen molar-refractivity contribution in [3.8, 4) is 0 Å². The molecule has 1 amide bonds. The highest BCUT2D eigenvalue weighted by Crippen LogP contribution is 2.12. The highest BCUT2D eigenvalue weighted by Gasteiger charge is 2.17. The molecule has 0 aliphatic rings. The maximum Gasteiger partial charge on any atom is 0.257 e. The summed E-state index contributed by atoms with van der Waals surface area (Å²) >= 11 is 0. The van der Waals surface area contributed by atoms with Crippen molar-refractivity contribution in [2.45, 2.75) is 33.2 Å². The first-order valence-corrected chi connectivity index (χ1v) is 5.98. The van der Waals surface area contributed by atoms with Crippen molar-refractivity contribution < 1.29 is 9.21 Å². The number of aryl methyl sites for hydroxylation is 1. The summed E-state index contributed by atoms with van der Waals surface area (Å²) in [5, 5.41) is 0. The number of nitrogens with zero attached hydrogens (tertiary/aromatic N) is 1. The minimum atomic E-state index is -0.00722. The summed E-state index contributed by atoms with van der Waals surface area (Å²) in [5.41, 5.74) is 6.59. The largest absolute Gasteiger partial charge is 0.469 e. The van der Waals surface area contributed by atoms with Gasteiger partial charge in [0.1, 0.15) is 5.76 Å². The topological polar surface area (TPSA) is 59.5 Å². The van der Waals surface area contributed by atoms with Crippen molar-refractivity contribution in [2.75, 3.05) is 13.6 Å². The number of hydrogen-bond donors (Lipinski definition) is 1. The predicted molar refractivity (Wildman–Crippen MR) is 67.8 cm³/mol. The third kappa shape index (κ3) is 3.60. The van der Waals surface area contributed by atoms with E-state index in [0.717, 1.165) is 6.42 Å². The molecule has 1 aromatic rings. The maximum atomic E-state index is 12.0. The lowest BCUT2D eigenvalue weighted by Gasteiger charge is -2.21. The zero-order valence-corrected chi connectivity index (χ0v) is 11.1. The van der Waals surface area contributed by atoms with Crippen molar-refractivity contribution in [1.29, 1.82) is 0 Å². The van der Waals surface area contributed by atoms with E-state index in [0.29, 0.717) is 23.8 Å². The molecule has 1 unspecified atom stereocenters. The molecule has 4 nitrogen and oxygen atoms in total. The monoisotopic (exact) mass is 238 g/mol. The fourth-order valence-electron chi connectivity index (χ4n) is 1.59. The van der Waals surface area contributed by atoms with Gasteiger partial charge in [0, 0.05) is 19.6 Å². The molecular weight excluding hydrogens is 216 g/mol. The first kappa shape index (κ1) is 13.8. The molecule has 0 aliphatic carbocycles. The third-order valence-electron chi connectivity index (χ3n) is 3.09. The number of hydrogen-bond acceptors (Lipinski definition) is 3. The average Bonchev–Trinajstić information content (AvgIpc) is 2.70. The van der Waals surface area contributed by atoms with Crippen molar-refractivity contribution in [1.82, 2.24) is 4.90 Å². The van der Waals surface area contributed by atoms with Crippen LogP contribution in [0.4, 0.5) is 0 Å². The van der Waals surface area contributed by atoms with Gasteiger partial charge in [0.25, 0.3) is 5.91 Å². The van der Waals surface area contributed by atoms with Crippen LogP contribution in [0.3, 0.4) is 0 Å². The molecule has 0 radical (unpaired) electrons. The molecule has 1 heterocycles. The number of amides is 1. The summed E-state index contributed by atoms with van der Waals surface area (Å²) in [4.78, 5) is 13.7. The molecular formula is C13H22N2O2. The van der Waals surface area contributed by atoms with E-state index in [1.807, 2.05) is 0 Å². The van der Waals surface area contributed by atoms with Crippen LogP contribution in [-0.4, -0.2) is 30.4 Å². The molecule has 0 saturated carbocycles. The molecule has 96 valence electrons. The predicted octanol–water partition coefficient (Wildman–Crippen LogP) is 2.03. The third-order valence-corrected chi connectivity index (χ3v) is 3.09. The molecule has 0 aromatic carbocycles. The molecule has 4 heteroatoms. The highest BCUT2D eigenvalue weighted by molar-refractivity contribution is 5.94. The molecule has 0 fully saturated rings. The summed E-state index contributed by atoms with van der Waals surface area (Å²) in [7, 11) is 1.79. The first-order valence-electron chi connectivity index (χ1n) is 5.98. The van der Waals surface area contributed by atoms with Gasteiger partial charge in [-0.3, -0.25) is 4.79 Å². The molecule has 17 heavy (non-hydrogen) atoms. The van der Waals surface area contributed by atoms with Crippen LogP contribution in [0.5, 0.6) is 0 Å². The summed E-state index contributed by atoms with van der Waals surface area (Å²) in [6, 6.07) is 1.84. The highest BCUT2D eigenvalue weighted by atomic mass is 16.3. The molecule has 1 aromatic heterocycles. The fraction of sp³-hybridized carbons (Fsp3) is 0.615. The smallest absolute Gasteiger partial charge is 0.257 e. The second-order valence-corrected chi connectivity index (χ2v) is 4.81. The van der Waals surface area contributed by atoms with Crippen LogP contribution < -0.4 is 5.73 Å². The Balaban J connectivity index is 2.51. The van der Waals surface area contributed by atoms with E-state index >= 15 is 0 Å². The molecule has 0 aliphatic heterocycles. The average molecular weight is 238 g/mol. The van der Waals surface area contributed by atoms with E-state index in [1.165, 1.54) is 6.26 Å². The van der Waals surface area contributed by atoms with E-state index in [4.69, 9.17) is 10.2 Å². The molecule has 0 saturated heterocycles. The zero-order chi connectivity index (χ0) is 13.0. The molecule has 1 atom stereocenters. The van der Waals surface area contributed by atoms with Crippen LogP contribution in [-0.2, 0) is 0 Å². The molecule has 0 spiro atoms. The van der Waals surface area contributed by atoms with Gasteiger partial charge in [0.15, 0.2) is 0 Å². The first-order chi connectivity index (χ1) is 7.93. The summed E-state index contributed by atoms with van der Waals surface area (Å²) in [6.07, 6.45) is 2.35. The zero-order valence-electron chi connectivity index (χ0n) is 11.1. The van der Waals surface area contributed by atoms with Crippen molar-refractivity contribution >= 4 is 5.91 Å². The Morgan fingerprint density at radius 1 is 1.53 bits per heavy atom. The second-order valence-electron chi connectivity index (χ2n) is 4.81. The van der Waals surface area contributed by atoms with E-state index < -0.39 is 0 Å². The van der Waals surface area contributed by atoms with E-state index in [-0.39, 0.29) is 11.9 Å². The van der Waals surface area contributed by atoms with Gasteiger partial charge >= 0.3 is 0 Å². The van der Waals surface area contributed by atoms with Crippen LogP contribution in [0.15, 0.2) is 16.7 Å². The fourth-order valence-corrected chi connectivity index (χ4v) is 1.59. The molecule has 2 N–H and O–H groups in total. The second kappa shape index (κ2) is 5.87. The van der Waals surface area contributed by atoms with Gasteiger partial charge in [0.2, 0.25) is 0 Å². The van der Waals surface area contributed by atoms with Gasteiger partial charge in [-0.15, -0.1) is 0 Å². The summed E-state index contributed by atoms with van der Waals surface area (Å²) < 4.78 is 5.13. The number of nitrogens with two attached hydrogens (primary N) is 1. The number of carbonyl (C=O) groups excluding carboxylic acids is 1. The van der Waals surface area contributed by atoms with Crippen molar-refractivity contribution in [3.05, 3.63) is 23.7 Å². The lowest BCUT2D eigenvalue weighted by molar-refractivity contribution is 0.0787. The van der Waals surface area contributed by atoms with Crippen LogP contribution in [0, 0.1) is 12.8 Å².